The van der Waals surface area contributed by atoms with Crippen LogP contribution in [0.2, 0.25) is 0 Å². The molecule has 2 nitrogen and oxygen atoms in total. The number of carboxylic acid groups (broad SMARTS) is 1. The number of rotatable bonds is 14. The van der Waals surface area contributed by atoms with Crippen LogP contribution in [0.25, 0.3) is 0 Å². The molecule has 3 heteroatoms. The van der Waals surface area contributed by atoms with Crippen LogP contribution in [0.1, 0.15) is 99.7 Å². The quantitative estimate of drug-likeness (QED) is 0.342. The third-order valence-corrected chi connectivity index (χ3v) is 3.49. The Hall–Kier alpha value is 0.236. The molecule has 0 amide bonds. The fourth-order valence-corrected chi connectivity index (χ4v) is 2.29. The van der Waals surface area contributed by atoms with Gasteiger partial charge in [0.25, 0.3) is 0 Å². The number of carboxylic acids is 1. The second-order valence-corrected chi connectivity index (χ2v) is 5.39. The molecule has 0 spiro atoms. The smallest absolute Gasteiger partial charge is 1.00 e. The van der Waals surface area contributed by atoms with Gasteiger partial charge in [0.15, 0.2) is 0 Å². The SMILES string of the molecule is CCCCCCCCCCCCCCCC(=O)O.[H-].[H-].[Mg+2]. The predicted molar refractivity (Wildman–Crippen MR) is 85.9 cm³/mol. The number of hydrogen-bond donors (Lipinski definition) is 1. The number of hydrogen-bond acceptors (Lipinski definition) is 1. The van der Waals surface area contributed by atoms with E-state index in [1.165, 1.54) is 70.6 Å². The zero-order valence-electron chi connectivity index (χ0n) is 15.0. The molecule has 0 radical (unpaired) electrons. The van der Waals surface area contributed by atoms with E-state index in [4.69, 9.17) is 5.11 Å². The van der Waals surface area contributed by atoms with E-state index < -0.39 is 5.97 Å². The van der Waals surface area contributed by atoms with E-state index in [1.807, 2.05) is 0 Å². The van der Waals surface area contributed by atoms with Gasteiger partial charge < -0.3 is 7.96 Å². The summed E-state index contributed by atoms with van der Waals surface area (Å²) >= 11 is 0. The third kappa shape index (κ3) is 20.7. The zero-order chi connectivity index (χ0) is 13.5. The van der Waals surface area contributed by atoms with Gasteiger partial charge in [-0.15, -0.1) is 0 Å². The van der Waals surface area contributed by atoms with E-state index >= 15 is 0 Å². The molecule has 1 N–H and O–H groups in total. The van der Waals surface area contributed by atoms with Crippen LogP contribution in [0.5, 0.6) is 0 Å². The number of unbranched alkanes of at least 4 members (excludes halogenated alkanes) is 12. The molecule has 0 aromatic rings. The average Bonchev–Trinajstić information content (AvgIpc) is 2.34. The van der Waals surface area contributed by atoms with Crippen molar-refractivity contribution in [1.82, 2.24) is 0 Å². The van der Waals surface area contributed by atoms with Gasteiger partial charge in [-0.2, -0.15) is 0 Å². The van der Waals surface area contributed by atoms with Gasteiger partial charge in [0.2, 0.25) is 0 Å². The molecule has 0 heterocycles. The Kier molecular flexibility index (Phi) is 20.7. The van der Waals surface area contributed by atoms with Crippen molar-refractivity contribution in [3.05, 3.63) is 0 Å². The molecule has 112 valence electrons. The summed E-state index contributed by atoms with van der Waals surface area (Å²) in [6.45, 7) is 2.26. The number of carbonyl (C=O) groups is 1. The maximum atomic E-state index is 10.3. The molecule has 0 aliphatic rings. The van der Waals surface area contributed by atoms with E-state index in [1.54, 1.807) is 0 Å². The van der Waals surface area contributed by atoms with Crippen LogP contribution in [0.4, 0.5) is 0 Å². The van der Waals surface area contributed by atoms with Crippen molar-refractivity contribution < 1.29 is 12.8 Å². The first-order valence-corrected chi connectivity index (χ1v) is 7.99. The van der Waals surface area contributed by atoms with E-state index in [0.717, 1.165) is 12.8 Å². The second kappa shape index (κ2) is 18.2. The summed E-state index contributed by atoms with van der Waals surface area (Å²) in [5, 5.41) is 8.49. The molecular weight excluding hydrogens is 248 g/mol. The summed E-state index contributed by atoms with van der Waals surface area (Å²) in [4.78, 5) is 10.3. The summed E-state index contributed by atoms with van der Waals surface area (Å²) in [6, 6.07) is 0. The molecular formula is C16H34MgO2. The van der Waals surface area contributed by atoms with Gasteiger partial charge in [0.1, 0.15) is 0 Å². The Morgan fingerprint density at radius 2 is 1.05 bits per heavy atom. The van der Waals surface area contributed by atoms with Crippen molar-refractivity contribution in [2.24, 2.45) is 0 Å². The van der Waals surface area contributed by atoms with Crippen LogP contribution in [0, 0.1) is 0 Å². The molecule has 0 aromatic carbocycles. The Balaban J connectivity index is -0.000000482. The van der Waals surface area contributed by atoms with Crippen LogP contribution in [0.15, 0.2) is 0 Å². The second-order valence-electron chi connectivity index (χ2n) is 5.39. The topological polar surface area (TPSA) is 37.3 Å². The van der Waals surface area contributed by atoms with Crippen LogP contribution >= 0.6 is 0 Å². The van der Waals surface area contributed by atoms with Crippen LogP contribution in [-0.2, 0) is 4.79 Å². The summed E-state index contributed by atoms with van der Waals surface area (Å²) in [7, 11) is 0. The summed E-state index contributed by atoms with van der Waals surface area (Å²) in [6.07, 6.45) is 17.3. The summed E-state index contributed by atoms with van der Waals surface area (Å²) in [5.74, 6) is -0.655. The molecule has 0 rings (SSSR count). The van der Waals surface area contributed by atoms with Gasteiger partial charge in [-0.1, -0.05) is 84.0 Å². The minimum absolute atomic E-state index is 0. The minimum atomic E-state index is -0.655. The van der Waals surface area contributed by atoms with Crippen molar-refractivity contribution in [3.8, 4) is 0 Å². The molecule has 0 saturated carbocycles. The van der Waals surface area contributed by atoms with Gasteiger partial charge in [0, 0.05) is 6.42 Å². The molecule has 0 fully saturated rings. The first kappa shape index (κ1) is 21.5. The maximum Gasteiger partial charge on any atom is 2.00 e. The zero-order valence-corrected chi connectivity index (χ0v) is 14.4. The molecule has 0 saturated heterocycles. The Bertz CT molecular complexity index is 193. The molecule has 0 aliphatic heterocycles. The Morgan fingerprint density at radius 3 is 1.37 bits per heavy atom. The van der Waals surface area contributed by atoms with E-state index in [0.29, 0.717) is 6.42 Å². The largest absolute Gasteiger partial charge is 2.00 e. The summed E-state index contributed by atoms with van der Waals surface area (Å²) < 4.78 is 0. The monoisotopic (exact) mass is 282 g/mol. The summed E-state index contributed by atoms with van der Waals surface area (Å²) in [5.41, 5.74) is 0. The third-order valence-electron chi connectivity index (χ3n) is 3.49. The van der Waals surface area contributed by atoms with Gasteiger partial charge in [-0.05, 0) is 6.42 Å². The normalized spacial score (nSPS) is 10.2. The molecule has 19 heavy (non-hydrogen) atoms. The Labute approximate surface area is 138 Å². The van der Waals surface area contributed by atoms with Crippen molar-refractivity contribution in [3.63, 3.8) is 0 Å². The first-order valence-electron chi connectivity index (χ1n) is 7.99. The fourth-order valence-electron chi connectivity index (χ4n) is 2.29. The average molecular weight is 283 g/mol. The molecule has 0 atom stereocenters. The first-order chi connectivity index (χ1) is 8.77. The van der Waals surface area contributed by atoms with E-state index in [2.05, 4.69) is 6.92 Å². The van der Waals surface area contributed by atoms with Gasteiger partial charge in [-0.3, -0.25) is 4.79 Å². The standard InChI is InChI=1S/C16H32O2.Mg.2H/c1-2-3-4-5-6-7-8-9-10-11-12-13-14-15-16(17)18;;;/h2-15H2,1H3,(H,17,18);;;/q;+2;2*-1. The van der Waals surface area contributed by atoms with E-state index in [9.17, 15) is 4.79 Å². The van der Waals surface area contributed by atoms with Gasteiger partial charge in [-0.25, -0.2) is 0 Å². The van der Waals surface area contributed by atoms with Crippen LogP contribution in [-0.4, -0.2) is 34.1 Å². The molecule has 0 aromatic heterocycles. The maximum absolute atomic E-state index is 10.3. The van der Waals surface area contributed by atoms with Crippen molar-refractivity contribution in [2.45, 2.75) is 96.8 Å². The van der Waals surface area contributed by atoms with E-state index in [-0.39, 0.29) is 25.9 Å². The van der Waals surface area contributed by atoms with Crippen molar-refractivity contribution in [1.29, 1.82) is 0 Å². The number of aliphatic carboxylic acids is 1. The molecule has 0 aliphatic carbocycles. The van der Waals surface area contributed by atoms with Crippen molar-refractivity contribution >= 4 is 29.0 Å². The predicted octanol–water partition coefficient (Wildman–Crippen LogP) is 5.40. The molecule has 0 unspecified atom stereocenters. The van der Waals surface area contributed by atoms with Gasteiger partial charge >= 0.3 is 29.0 Å². The minimum Gasteiger partial charge on any atom is -1.00 e. The fraction of sp³-hybridized carbons (Fsp3) is 0.938. The van der Waals surface area contributed by atoms with Gasteiger partial charge in [0.05, 0.1) is 0 Å². The van der Waals surface area contributed by atoms with Crippen LogP contribution < -0.4 is 0 Å². The molecule has 0 bridgehead atoms. The van der Waals surface area contributed by atoms with Crippen LogP contribution in [0.3, 0.4) is 0 Å². The Morgan fingerprint density at radius 1 is 0.737 bits per heavy atom. The van der Waals surface area contributed by atoms with Crippen molar-refractivity contribution in [2.75, 3.05) is 0 Å².